The highest BCUT2D eigenvalue weighted by molar-refractivity contribution is 7.07. The average Bonchev–Trinajstić information content (AvgIpc) is 3.17. The predicted octanol–water partition coefficient (Wildman–Crippen LogP) is 3.84. The number of ether oxygens (including phenoxy) is 3. The molecule has 1 aromatic heterocycles. The van der Waals surface area contributed by atoms with Crippen LogP contribution in [0.2, 0.25) is 0 Å². The van der Waals surface area contributed by atoms with Gasteiger partial charge in [0.15, 0.2) is 4.80 Å². The average molecular weight is 507 g/mol. The number of carbonyl (C=O) groups is 1. The smallest absolute Gasteiger partial charge is 0.338 e. The summed E-state index contributed by atoms with van der Waals surface area (Å²) in [6.07, 6.45) is 1.83. The summed E-state index contributed by atoms with van der Waals surface area (Å²) in [5, 5.41) is 0. The van der Waals surface area contributed by atoms with E-state index in [9.17, 15) is 9.59 Å². The number of nitrogens with zero attached hydrogens (tertiary/aromatic N) is 2. The molecule has 8 heteroatoms. The molecule has 0 spiro atoms. The van der Waals surface area contributed by atoms with Crippen LogP contribution >= 0.6 is 11.3 Å². The van der Waals surface area contributed by atoms with Crippen molar-refractivity contribution in [3.63, 3.8) is 0 Å². The van der Waals surface area contributed by atoms with Gasteiger partial charge in [-0.1, -0.05) is 55.5 Å². The zero-order valence-electron chi connectivity index (χ0n) is 21.1. The van der Waals surface area contributed by atoms with Crippen molar-refractivity contribution in [2.45, 2.75) is 33.7 Å². The minimum absolute atomic E-state index is 0.218. The van der Waals surface area contributed by atoms with E-state index in [1.54, 1.807) is 25.5 Å². The molecule has 7 nitrogen and oxygen atoms in total. The van der Waals surface area contributed by atoms with E-state index in [-0.39, 0.29) is 12.2 Å². The van der Waals surface area contributed by atoms with Crippen molar-refractivity contribution < 1.29 is 19.0 Å². The molecular formula is C28H30N2O5S. The minimum atomic E-state index is -0.717. The van der Waals surface area contributed by atoms with Gasteiger partial charge in [-0.3, -0.25) is 9.36 Å². The van der Waals surface area contributed by atoms with Crippen LogP contribution < -0.4 is 24.4 Å². The number of hydrogen-bond donors (Lipinski definition) is 0. The lowest BCUT2D eigenvalue weighted by Crippen LogP contribution is -2.40. The maximum absolute atomic E-state index is 13.7. The fourth-order valence-corrected chi connectivity index (χ4v) is 5.10. The minimum Gasteiger partial charge on any atom is -0.496 e. The molecule has 0 aliphatic carbocycles. The molecule has 0 unspecified atom stereocenters. The Balaban J connectivity index is 1.84. The molecular weight excluding hydrogens is 476 g/mol. The number of rotatable bonds is 8. The van der Waals surface area contributed by atoms with Gasteiger partial charge in [-0.25, -0.2) is 9.79 Å². The number of methoxy groups -OCH3 is 1. The molecule has 1 aliphatic heterocycles. The number of allylic oxidation sites excluding steroid dienone is 1. The van der Waals surface area contributed by atoms with Crippen LogP contribution in [0.1, 0.15) is 44.9 Å². The van der Waals surface area contributed by atoms with Crippen LogP contribution in [0.25, 0.3) is 6.08 Å². The normalized spacial score (nSPS) is 15.5. The van der Waals surface area contributed by atoms with E-state index in [1.165, 1.54) is 11.3 Å². The van der Waals surface area contributed by atoms with Crippen molar-refractivity contribution >= 4 is 23.4 Å². The van der Waals surface area contributed by atoms with E-state index < -0.39 is 12.0 Å². The van der Waals surface area contributed by atoms with Crippen LogP contribution in [0.5, 0.6) is 11.5 Å². The van der Waals surface area contributed by atoms with E-state index in [0.717, 1.165) is 11.3 Å². The van der Waals surface area contributed by atoms with Gasteiger partial charge in [0.05, 0.1) is 36.1 Å². The van der Waals surface area contributed by atoms with E-state index in [1.807, 2.05) is 54.6 Å². The number of thiazole rings is 1. The van der Waals surface area contributed by atoms with Gasteiger partial charge in [0, 0.05) is 5.56 Å². The van der Waals surface area contributed by atoms with Gasteiger partial charge in [0.1, 0.15) is 17.5 Å². The maximum Gasteiger partial charge on any atom is 0.338 e. The Morgan fingerprint density at radius 3 is 2.56 bits per heavy atom. The third-order valence-corrected chi connectivity index (χ3v) is 6.69. The summed E-state index contributed by atoms with van der Waals surface area (Å²) in [4.78, 5) is 31.9. The number of aromatic nitrogens is 1. The van der Waals surface area contributed by atoms with Gasteiger partial charge < -0.3 is 14.2 Å². The molecule has 36 heavy (non-hydrogen) atoms. The summed E-state index contributed by atoms with van der Waals surface area (Å²) >= 11 is 1.29. The Morgan fingerprint density at radius 1 is 1.17 bits per heavy atom. The molecule has 0 saturated carbocycles. The van der Waals surface area contributed by atoms with Crippen LogP contribution in [0.15, 0.2) is 69.6 Å². The Labute approximate surface area is 214 Å². The first-order chi connectivity index (χ1) is 17.3. The first kappa shape index (κ1) is 25.4. The van der Waals surface area contributed by atoms with E-state index in [2.05, 4.69) is 18.8 Å². The van der Waals surface area contributed by atoms with Crippen molar-refractivity contribution in [2.24, 2.45) is 10.9 Å². The number of esters is 1. The van der Waals surface area contributed by atoms with Gasteiger partial charge in [0.2, 0.25) is 0 Å². The summed E-state index contributed by atoms with van der Waals surface area (Å²) in [6.45, 7) is 8.57. The maximum atomic E-state index is 13.7. The van der Waals surface area contributed by atoms with Crippen molar-refractivity contribution in [3.05, 3.63) is 90.6 Å². The molecule has 2 heterocycles. The fraction of sp³-hybridized carbons (Fsp3) is 0.321. The molecule has 0 bridgehead atoms. The summed E-state index contributed by atoms with van der Waals surface area (Å²) in [5.41, 5.74) is 2.17. The lowest BCUT2D eigenvalue weighted by Gasteiger charge is -2.25. The van der Waals surface area contributed by atoms with Gasteiger partial charge in [-0.2, -0.15) is 0 Å². The number of fused-ring (bicyclic) bond motifs is 1. The molecule has 0 amide bonds. The highest BCUT2D eigenvalue weighted by Gasteiger charge is 2.34. The van der Waals surface area contributed by atoms with Crippen molar-refractivity contribution in [3.8, 4) is 11.5 Å². The monoisotopic (exact) mass is 506 g/mol. The van der Waals surface area contributed by atoms with Crippen LogP contribution in [0, 0.1) is 5.92 Å². The molecule has 4 rings (SSSR count). The summed E-state index contributed by atoms with van der Waals surface area (Å²) < 4.78 is 18.8. The molecule has 0 fully saturated rings. The SMILES string of the molecule is CCOC(=O)C1=C(C)N=c2s/c(=C/c3ccc(OCC(C)C)cc3)c(=O)n2[C@H]1c1ccccc1OC. The van der Waals surface area contributed by atoms with Crippen molar-refractivity contribution in [2.75, 3.05) is 20.3 Å². The topological polar surface area (TPSA) is 79.1 Å². The first-order valence-corrected chi connectivity index (χ1v) is 12.7. The zero-order chi connectivity index (χ0) is 25.8. The van der Waals surface area contributed by atoms with Gasteiger partial charge in [0.25, 0.3) is 5.56 Å². The highest BCUT2D eigenvalue weighted by Crippen LogP contribution is 2.35. The van der Waals surface area contributed by atoms with Crippen molar-refractivity contribution in [1.29, 1.82) is 0 Å². The molecule has 0 N–H and O–H groups in total. The van der Waals surface area contributed by atoms with E-state index in [0.29, 0.717) is 44.4 Å². The van der Waals surface area contributed by atoms with Crippen molar-refractivity contribution in [1.82, 2.24) is 4.57 Å². The van der Waals surface area contributed by atoms with Crippen LogP contribution in [0.4, 0.5) is 0 Å². The second kappa shape index (κ2) is 11.0. The highest BCUT2D eigenvalue weighted by atomic mass is 32.1. The lowest BCUT2D eigenvalue weighted by molar-refractivity contribution is -0.139. The number of carbonyl (C=O) groups excluding carboxylic acids is 1. The third kappa shape index (κ3) is 5.14. The number of benzene rings is 2. The Bertz CT molecular complexity index is 1460. The first-order valence-electron chi connectivity index (χ1n) is 11.9. The Morgan fingerprint density at radius 2 is 1.89 bits per heavy atom. The predicted molar refractivity (Wildman–Crippen MR) is 140 cm³/mol. The van der Waals surface area contributed by atoms with Crippen LogP contribution in [0.3, 0.4) is 0 Å². The fourth-order valence-electron chi connectivity index (χ4n) is 4.05. The second-order valence-electron chi connectivity index (χ2n) is 8.82. The number of hydrogen-bond acceptors (Lipinski definition) is 7. The van der Waals surface area contributed by atoms with Gasteiger partial charge in [-0.15, -0.1) is 0 Å². The lowest BCUT2D eigenvalue weighted by atomic mass is 9.95. The molecule has 1 aliphatic rings. The van der Waals surface area contributed by atoms with Gasteiger partial charge in [-0.05, 0) is 49.6 Å². The number of para-hydroxylation sites is 1. The van der Waals surface area contributed by atoms with Crippen LogP contribution in [-0.2, 0) is 9.53 Å². The molecule has 0 saturated heterocycles. The second-order valence-corrected chi connectivity index (χ2v) is 9.83. The standard InChI is InChI=1S/C28H30N2O5S/c1-6-34-27(32)24-18(4)29-28-30(25(24)21-9-7-8-10-22(21)33-5)26(31)23(36-28)15-19-11-13-20(14-12-19)35-16-17(2)3/h7-15,17,25H,6,16H2,1-5H3/b23-15+/t25-/m0/s1. The molecule has 0 radical (unpaired) electrons. The van der Waals surface area contributed by atoms with E-state index >= 15 is 0 Å². The summed E-state index contributed by atoms with van der Waals surface area (Å²) in [5.74, 6) is 1.30. The third-order valence-electron chi connectivity index (χ3n) is 5.71. The molecule has 2 aromatic carbocycles. The molecule has 3 aromatic rings. The largest absolute Gasteiger partial charge is 0.496 e. The Kier molecular flexibility index (Phi) is 7.74. The quantitative estimate of drug-likeness (QED) is 0.434. The molecule has 188 valence electrons. The zero-order valence-corrected chi connectivity index (χ0v) is 21.9. The summed E-state index contributed by atoms with van der Waals surface area (Å²) in [7, 11) is 1.57. The van der Waals surface area contributed by atoms with E-state index in [4.69, 9.17) is 14.2 Å². The Hall–Kier alpha value is -3.65. The molecule has 1 atom stereocenters. The van der Waals surface area contributed by atoms with Gasteiger partial charge >= 0.3 is 5.97 Å². The van der Waals surface area contributed by atoms with Crippen LogP contribution in [-0.4, -0.2) is 30.9 Å². The summed E-state index contributed by atoms with van der Waals surface area (Å²) in [6, 6.07) is 14.3.